The van der Waals surface area contributed by atoms with E-state index >= 15 is 0 Å². The van der Waals surface area contributed by atoms with E-state index in [0.717, 1.165) is 31.1 Å². The van der Waals surface area contributed by atoms with Crippen LogP contribution in [0.3, 0.4) is 0 Å². The topological polar surface area (TPSA) is 30.5 Å². The SMILES string of the molecule is CNCc1cccc(Oc2ccc(CCOC)cc2)c1. The van der Waals surface area contributed by atoms with Gasteiger partial charge >= 0.3 is 0 Å². The van der Waals surface area contributed by atoms with Crippen LogP contribution in [0.1, 0.15) is 11.1 Å². The third-order valence-electron chi connectivity index (χ3n) is 3.03. The van der Waals surface area contributed by atoms with Gasteiger partial charge in [0.1, 0.15) is 11.5 Å². The molecule has 2 aromatic carbocycles. The Hall–Kier alpha value is -1.84. The number of ether oxygens (including phenoxy) is 2. The van der Waals surface area contributed by atoms with E-state index in [2.05, 4.69) is 29.6 Å². The van der Waals surface area contributed by atoms with Crippen molar-refractivity contribution in [2.75, 3.05) is 20.8 Å². The molecule has 0 saturated heterocycles. The highest BCUT2D eigenvalue weighted by Crippen LogP contribution is 2.22. The Kier molecular flexibility index (Phi) is 5.59. The molecule has 106 valence electrons. The van der Waals surface area contributed by atoms with Gasteiger partial charge in [-0.25, -0.2) is 0 Å². The van der Waals surface area contributed by atoms with Crippen molar-refractivity contribution in [2.45, 2.75) is 13.0 Å². The van der Waals surface area contributed by atoms with Gasteiger partial charge < -0.3 is 14.8 Å². The minimum Gasteiger partial charge on any atom is -0.457 e. The molecule has 0 aliphatic carbocycles. The number of nitrogens with one attached hydrogen (secondary N) is 1. The van der Waals surface area contributed by atoms with E-state index in [0.29, 0.717) is 0 Å². The molecule has 3 heteroatoms. The zero-order valence-corrected chi connectivity index (χ0v) is 12.1. The average molecular weight is 271 g/mol. The normalized spacial score (nSPS) is 10.5. The molecule has 0 spiro atoms. The lowest BCUT2D eigenvalue weighted by Crippen LogP contribution is -2.04. The third-order valence-corrected chi connectivity index (χ3v) is 3.03. The minimum absolute atomic E-state index is 0.742. The fourth-order valence-corrected chi connectivity index (χ4v) is 2.00. The van der Waals surface area contributed by atoms with E-state index in [1.165, 1.54) is 11.1 Å². The standard InChI is InChI=1S/C17H21NO2/c1-18-13-15-4-3-5-17(12-15)20-16-8-6-14(7-9-16)10-11-19-2/h3-9,12,18H,10-11,13H2,1-2H3. The molecule has 0 amide bonds. The molecule has 3 nitrogen and oxygen atoms in total. The monoisotopic (exact) mass is 271 g/mol. The molecular formula is C17H21NO2. The van der Waals surface area contributed by atoms with Crippen molar-refractivity contribution in [3.63, 3.8) is 0 Å². The van der Waals surface area contributed by atoms with Crippen molar-refractivity contribution >= 4 is 0 Å². The number of hydrogen-bond acceptors (Lipinski definition) is 3. The van der Waals surface area contributed by atoms with Gasteiger partial charge in [0.05, 0.1) is 6.61 Å². The molecule has 0 bridgehead atoms. The van der Waals surface area contributed by atoms with Crippen molar-refractivity contribution in [1.82, 2.24) is 5.32 Å². The van der Waals surface area contributed by atoms with Crippen LogP contribution in [0, 0.1) is 0 Å². The molecule has 0 heterocycles. The molecule has 0 fully saturated rings. The van der Waals surface area contributed by atoms with E-state index in [1.807, 2.05) is 31.3 Å². The zero-order valence-electron chi connectivity index (χ0n) is 12.1. The molecule has 0 saturated carbocycles. The molecule has 0 radical (unpaired) electrons. The second-order valence-electron chi connectivity index (χ2n) is 4.67. The fourth-order valence-electron chi connectivity index (χ4n) is 2.00. The maximum atomic E-state index is 5.87. The summed E-state index contributed by atoms with van der Waals surface area (Å²) in [4.78, 5) is 0. The van der Waals surface area contributed by atoms with Gasteiger partial charge in [0.25, 0.3) is 0 Å². The number of rotatable bonds is 7. The molecule has 0 aliphatic heterocycles. The van der Waals surface area contributed by atoms with Gasteiger partial charge in [0.15, 0.2) is 0 Å². The van der Waals surface area contributed by atoms with Crippen LogP contribution in [0.5, 0.6) is 11.5 Å². The highest BCUT2D eigenvalue weighted by Gasteiger charge is 2.00. The summed E-state index contributed by atoms with van der Waals surface area (Å²) >= 11 is 0. The van der Waals surface area contributed by atoms with Crippen LogP contribution in [0.15, 0.2) is 48.5 Å². The highest BCUT2D eigenvalue weighted by atomic mass is 16.5. The lowest BCUT2D eigenvalue weighted by Gasteiger charge is -2.08. The molecule has 2 aromatic rings. The molecular weight excluding hydrogens is 250 g/mol. The van der Waals surface area contributed by atoms with Gasteiger partial charge in [-0.2, -0.15) is 0 Å². The largest absolute Gasteiger partial charge is 0.457 e. The number of benzene rings is 2. The maximum Gasteiger partial charge on any atom is 0.127 e. The smallest absolute Gasteiger partial charge is 0.127 e. The zero-order chi connectivity index (χ0) is 14.2. The number of hydrogen-bond donors (Lipinski definition) is 1. The van der Waals surface area contributed by atoms with E-state index in [9.17, 15) is 0 Å². The predicted octanol–water partition coefficient (Wildman–Crippen LogP) is 3.39. The Morgan fingerprint density at radius 1 is 0.950 bits per heavy atom. The van der Waals surface area contributed by atoms with Crippen LogP contribution in [0.25, 0.3) is 0 Å². The maximum absolute atomic E-state index is 5.87. The van der Waals surface area contributed by atoms with Gasteiger partial charge in [-0.15, -0.1) is 0 Å². The van der Waals surface area contributed by atoms with Crippen LogP contribution in [-0.2, 0) is 17.7 Å². The first-order valence-electron chi connectivity index (χ1n) is 6.81. The summed E-state index contributed by atoms with van der Waals surface area (Å²) in [7, 11) is 3.65. The van der Waals surface area contributed by atoms with Crippen molar-refractivity contribution in [2.24, 2.45) is 0 Å². The molecule has 0 aromatic heterocycles. The van der Waals surface area contributed by atoms with Gasteiger partial charge in [0, 0.05) is 13.7 Å². The van der Waals surface area contributed by atoms with E-state index in [4.69, 9.17) is 9.47 Å². The van der Waals surface area contributed by atoms with Crippen LogP contribution >= 0.6 is 0 Å². The molecule has 0 atom stereocenters. The second-order valence-corrected chi connectivity index (χ2v) is 4.67. The van der Waals surface area contributed by atoms with E-state index in [1.54, 1.807) is 7.11 Å². The Bertz CT molecular complexity index is 523. The van der Waals surface area contributed by atoms with Crippen LogP contribution in [-0.4, -0.2) is 20.8 Å². The second kappa shape index (κ2) is 7.68. The van der Waals surface area contributed by atoms with Gasteiger partial charge in [-0.1, -0.05) is 24.3 Å². The Labute approximate surface area is 120 Å². The summed E-state index contributed by atoms with van der Waals surface area (Å²) in [5, 5.41) is 3.13. The van der Waals surface area contributed by atoms with E-state index < -0.39 is 0 Å². The summed E-state index contributed by atoms with van der Waals surface area (Å²) in [5.74, 6) is 1.72. The van der Waals surface area contributed by atoms with Crippen molar-refractivity contribution in [3.05, 3.63) is 59.7 Å². The van der Waals surface area contributed by atoms with Crippen molar-refractivity contribution in [3.8, 4) is 11.5 Å². The first-order chi connectivity index (χ1) is 9.81. The van der Waals surface area contributed by atoms with E-state index in [-0.39, 0.29) is 0 Å². The average Bonchev–Trinajstić information content (AvgIpc) is 2.47. The Balaban J connectivity index is 2.00. The van der Waals surface area contributed by atoms with Gasteiger partial charge in [-0.3, -0.25) is 0 Å². The molecule has 0 unspecified atom stereocenters. The third kappa shape index (κ3) is 4.37. The number of methoxy groups -OCH3 is 1. The summed E-state index contributed by atoms with van der Waals surface area (Å²) in [5.41, 5.74) is 2.46. The van der Waals surface area contributed by atoms with Crippen molar-refractivity contribution < 1.29 is 9.47 Å². The predicted molar refractivity (Wildman–Crippen MR) is 81.3 cm³/mol. The molecule has 2 rings (SSSR count). The van der Waals surface area contributed by atoms with Crippen LogP contribution in [0.2, 0.25) is 0 Å². The lowest BCUT2D eigenvalue weighted by atomic mass is 10.1. The summed E-state index contributed by atoms with van der Waals surface area (Å²) in [6, 6.07) is 16.3. The quantitative estimate of drug-likeness (QED) is 0.837. The first kappa shape index (κ1) is 14.6. The first-order valence-corrected chi connectivity index (χ1v) is 6.81. The lowest BCUT2D eigenvalue weighted by molar-refractivity contribution is 0.202. The molecule has 20 heavy (non-hydrogen) atoms. The fraction of sp³-hybridized carbons (Fsp3) is 0.294. The Morgan fingerprint density at radius 2 is 1.75 bits per heavy atom. The minimum atomic E-state index is 0.742. The van der Waals surface area contributed by atoms with Crippen molar-refractivity contribution in [1.29, 1.82) is 0 Å². The van der Waals surface area contributed by atoms with Crippen LogP contribution < -0.4 is 10.1 Å². The van der Waals surface area contributed by atoms with Gasteiger partial charge in [0.2, 0.25) is 0 Å². The van der Waals surface area contributed by atoms with Crippen LogP contribution in [0.4, 0.5) is 0 Å². The summed E-state index contributed by atoms with van der Waals surface area (Å²) in [6.45, 7) is 1.58. The molecule has 1 N–H and O–H groups in total. The molecule has 0 aliphatic rings. The highest BCUT2D eigenvalue weighted by molar-refractivity contribution is 5.35. The summed E-state index contributed by atoms with van der Waals surface area (Å²) in [6.07, 6.45) is 0.925. The van der Waals surface area contributed by atoms with Gasteiger partial charge in [-0.05, 0) is 48.9 Å². The summed E-state index contributed by atoms with van der Waals surface area (Å²) < 4.78 is 10.9. The Morgan fingerprint density at radius 3 is 2.45 bits per heavy atom.